The van der Waals surface area contributed by atoms with E-state index in [1.165, 1.54) is 5.56 Å². The van der Waals surface area contributed by atoms with Gasteiger partial charge in [-0.2, -0.15) is 0 Å². The molecule has 2 rings (SSSR count). The second kappa shape index (κ2) is 11.0. The number of nitrogens with one attached hydrogen (secondary N) is 1. The average Bonchev–Trinajstić information content (AvgIpc) is 2.75. The predicted octanol–water partition coefficient (Wildman–Crippen LogP) is 4.52. The van der Waals surface area contributed by atoms with Crippen LogP contribution in [0.3, 0.4) is 0 Å². The highest BCUT2D eigenvalue weighted by Gasteiger charge is 2.28. The number of amides is 2. The highest BCUT2D eigenvalue weighted by molar-refractivity contribution is 5.87. The normalized spacial score (nSPS) is 12.2. The second-order valence-electron chi connectivity index (χ2n) is 8.95. The van der Waals surface area contributed by atoms with E-state index in [0.29, 0.717) is 19.4 Å². The Hall–Kier alpha value is -2.82. The minimum absolute atomic E-state index is 0.0352. The molecule has 31 heavy (non-hydrogen) atoms. The molecular formula is C26H36N2O3. The van der Waals surface area contributed by atoms with Crippen LogP contribution in [0, 0.1) is 0 Å². The molecule has 0 fully saturated rings. The third-order valence-electron chi connectivity index (χ3n) is 5.24. The molecule has 1 N–H and O–H groups in total. The zero-order chi connectivity index (χ0) is 23.0. The minimum atomic E-state index is -0.573. The van der Waals surface area contributed by atoms with Gasteiger partial charge in [-0.1, -0.05) is 43.3 Å². The van der Waals surface area contributed by atoms with Gasteiger partial charge in [0.25, 0.3) is 0 Å². The molecule has 5 nitrogen and oxygen atoms in total. The number of benzene rings is 2. The lowest BCUT2D eigenvalue weighted by Crippen LogP contribution is -2.52. The average molecular weight is 425 g/mol. The van der Waals surface area contributed by atoms with E-state index >= 15 is 0 Å². The Morgan fingerprint density at radius 1 is 0.968 bits per heavy atom. The first-order valence-electron chi connectivity index (χ1n) is 10.9. The molecule has 0 saturated carbocycles. The van der Waals surface area contributed by atoms with Gasteiger partial charge in [0, 0.05) is 18.5 Å². The molecular weight excluding hydrogens is 388 g/mol. The molecule has 0 aromatic heterocycles. The Kier molecular flexibility index (Phi) is 8.66. The Morgan fingerprint density at radius 2 is 1.52 bits per heavy atom. The summed E-state index contributed by atoms with van der Waals surface area (Å²) >= 11 is 0. The number of nitrogens with zero attached hydrogens (tertiary/aromatic N) is 1. The van der Waals surface area contributed by atoms with Crippen molar-refractivity contribution in [1.82, 2.24) is 10.2 Å². The molecule has 0 saturated heterocycles. The van der Waals surface area contributed by atoms with E-state index in [4.69, 9.17) is 4.74 Å². The highest BCUT2D eigenvalue weighted by atomic mass is 16.5. The lowest BCUT2D eigenvalue weighted by molar-refractivity contribution is -0.141. The van der Waals surface area contributed by atoms with Crippen LogP contribution in [0.2, 0.25) is 0 Å². The van der Waals surface area contributed by atoms with Gasteiger partial charge in [-0.3, -0.25) is 9.59 Å². The number of aryl methyl sites for hydroxylation is 2. The molecule has 0 radical (unpaired) electrons. The molecule has 0 unspecified atom stereocenters. The van der Waals surface area contributed by atoms with Crippen molar-refractivity contribution in [3.05, 3.63) is 65.2 Å². The summed E-state index contributed by atoms with van der Waals surface area (Å²) in [6, 6.07) is 15.4. The summed E-state index contributed by atoms with van der Waals surface area (Å²) in [5, 5.41) is 2.99. The van der Waals surface area contributed by atoms with E-state index < -0.39 is 6.04 Å². The fourth-order valence-electron chi connectivity index (χ4n) is 3.32. The molecule has 0 spiro atoms. The quantitative estimate of drug-likeness (QED) is 0.644. The van der Waals surface area contributed by atoms with Crippen LogP contribution in [0.25, 0.3) is 0 Å². The van der Waals surface area contributed by atoms with Gasteiger partial charge >= 0.3 is 0 Å². The summed E-state index contributed by atoms with van der Waals surface area (Å²) in [6.07, 6.45) is 2.00. The van der Waals surface area contributed by atoms with Gasteiger partial charge in [-0.25, -0.2) is 0 Å². The Labute approximate surface area is 186 Å². The van der Waals surface area contributed by atoms with Gasteiger partial charge in [0.15, 0.2) is 0 Å². The van der Waals surface area contributed by atoms with Crippen LogP contribution in [0.4, 0.5) is 0 Å². The molecule has 5 heteroatoms. The maximum atomic E-state index is 13.2. The van der Waals surface area contributed by atoms with E-state index in [1.54, 1.807) is 18.9 Å². The first kappa shape index (κ1) is 24.4. The smallest absolute Gasteiger partial charge is 0.242 e. The molecule has 0 aliphatic rings. The van der Waals surface area contributed by atoms with Crippen LogP contribution in [0.15, 0.2) is 48.5 Å². The van der Waals surface area contributed by atoms with E-state index in [0.717, 1.165) is 23.3 Å². The van der Waals surface area contributed by atoms with Crippen LogP contribution in [-0.2, 0) is 29.0 Å². The van der Waals surface area contributed by atoms with Crippen LogP contribution >= 0.6 is 0 Å². The highest BCUT2D eigenvalue weighted by Crippen LogP contribution is 2.17. The summed E-state index contributed by atoms with van der Waals surface area (Å²) in [5.41, 5.74) is 3.00. The molecule has 2 amide bonds. The fraction of sp³-hybridized carbons (Fsp3) is 0.462. The molecule has 0 bridgehead atoms. The first-order valence-corrected chi connectivity index (χ1v) is 10.9. The first-order chi connectivity index (χ1) is 14.6. The SMILES string of the molecule is CCc1ccc(CCC(=O)N(Cc2ccc(OC)cc2)[C@H](C)C(=O)NC(C)(C)C)cc1. The van der Waals surface area contributed by atoms with Gasteiger partial charge < -0.3 is 15.0 Å². The van der Waals surface area contributed by atoms with Crippen LogP contribution < -0.4 is 10.1 Å². The molecule has 2 aromatic carbocycles. The summed E-state index contributed by atoms with van der Waals surface area (Å²) in [4.78, 5) is 27.7. The minimum Gasteiger partial charge on any atom is -0.497 e. The number of rotatable bonds is 9. The Balaban J connectivity index is 2.15. The van der Waals surface area contributed by atoms with Crippen molar-refractivity contribution in [2.75, 3.05) is 7.11 Å². The van der Waals surface area contributed by atoms with Crippen molar-refractivity contribution in [2.24, 2.45) is 0 Å². The largest absolute Gasteiger partial charge is 0.497 e. The van der Waals surface area contributed by atoms with Crippen LogP contribution in [0.5, 0.6) is 5.75 Å². The summed E-state index contributed by atoms with van der Waals surface area (Å²) in [5.74, 6) is 0.573. The number of hydrogen-bond acceptors (Lipinski definition) is 3. The topological polar surface area (TPSA) is 58.6 Å². The summed E-state index contributed by atoms with van der Waals surface area (Å²) in [6.45, 7) is 10.1. The summed E-state index contributed by atoms with van der Waals surface area (Å²) < 4.78 is 5.22. The van der Waals surface area contributed by atoms with Crippen LogP contribution in [0.1, 0.15) is 57.7 Å². The van der Waals surface area contributed by atoms with E-state index in [-0.39, 0.29) is 17.4 Å². The zero-order valence-corrected chi connectivity index (χ0v) is 19.7. The number of hydrogen-bond donors (Lipinski definition) is 1. The van der Waals surface area contributed by atoms with E-state index in [1.807, 2.05) is 45.0 Å². The lowest BCUT2D eigenvalue weighted by Gasteiger charge is -2.31. The molecule has 168 valence electrons. The summed E-state index contributed by atoms with van der Waals surface area (Å²) in [7, 11) is 1.62. The molecule has 0 aliphatic heterocycles. The molecule has 0 aliphatic carbocycles. The second-order valence-corrected chi connectivity index (χ2v) is 8.95. The third kappa shape index (κ3) is 7.74. The fourth-order valence-corrected chi connectivity index (χ4v) is 3.32. The van der Waals surface area contributed by atoms with Crippen molar-refractivity contribution in [3.8, 4) is 5.75 Å². The molecule has 2 aromatic rings. The Morgan fingerprint density at radius 3 is 2.03 bits per heavy atom. The van der Waals surface area contributed by atoms with Crippen molar-refractivity contribution >= 4 is 11.8 Å². The lowest BCUT2D eigenvalue weighted by atomic mass is 10.0. The maximum absolute atomic E-state index is 13.2. The number of ether oxygens (including phenoxy) is 1. The van der Waals surface area contributed by atoms with Gasteiger partial charge in [0.1, 0.15) is 11.8 Å². The molecule has 0 heterocycles. The van der Waals surface area contributed by atoms with Gasteiger partial charge in [0.05, 0.1) is 7.11 Å². The van der Waals surface area contributed by atoms with Crippen molar-refractivity contribution in [3.63, 3.8) is 0 Å². The van der Waals surface area contributed by atoms with E-state index in [2.05, 4.69) is 36.5 Å². The number of methoxy groups -OCH3 is 1. The van der Waals surface area contributed by atoms with Crippen molar-refractivity contribution in [1.29, 1.82) is 0 Å². The number of carbonyl (C=O) groups is 2. The predicted molar refractivity (Wildman–Crippen MR) is 125 cm³/mol. The van der Waals surface area contributed by atoms with Gasteiger partial charge in [-0.15, -0.1) is 0 Å². The van der Waals surface area contributed by atoms with Crippen molar-refractivity contribution < 1.29 is 14.3 Å². The maximum Gasteiger partial charge on any atom is 0.242 e. The number of carbonyl (C=O) groups excluding carboxylic acids is 2. The molecule has 1 atom stereocenters. The van der Waals surface area contributed by atoms with E-state index in [9.17, 15) is 9.59 Å². The third-order valence-corrected chi connectivity index (χ3v) is 5.24. The Bertz CT molecular complexity index is 852. The zero-order valence-electron chi connectivity index (χ0n) is 19.7. The van der Waals surface area contributed by atoms with Crippen molar-refractivity contribution in [2.45, 2.75) is 72.0 Å². The standard InChI is InChI=1S/C26H36N2O3/c1-7-20-8-10-21(11-9-20)14-17-24(29)28(19(2)25(30)27-26(3,4)5)18-22-12-15-23(31-6)16-13-22/h8-13,15-16,19H,7,14,17-18H2,1-6H3,(H,27,30)/t19-/m1/s1. The monoisotopic (exact) mass is 424 g/mol. The van der Waals surface area contributed by atoms with Crippen LogP contribution in [-0.4, -0.2) is 35.4 Å². The van der Waals surface area contributed by atoms with Gasteiger partial charge in [-0.05, 0) is 69.4 Å². The van der Waals surface area contributed by atoms with Gasteiger partial charge in [0.2, 0.25) is 11.8 Å².